The molecule has 4 rings (SSSR count). The molecule has 1 saturated carbocycles. The second kappa shape index (κ2) is 8.21. The minimum absolute atomic E-state index is 0.0658. The van der Waals surface area contributed by atoms with Crippen LogP contribution in [0.4, 0.5) is 0 Å². The monoisotopic (exact) mass is 425 g/mol. The Morgan fingerprint density at radius 1 is 1.10 bits per heavy atom. The van der Waals surface area contributed by atoms with Gasteiger partial charge in [0.15, 0.2) is 0 Å². The summed E-state index contributed by atoms with van der Waals surface area (Å²) in [5, 5.41) is 13.7. The first-order chi connectivity index (χ1) is 14.8. The Hall–Kier alpha value is -3.09. The van der Waals surface area contributed by atoms with Gasteiger partial charge in [-0.1, -0.05) is 0 Å². The summed E-state index contributed by atoms with van der Waals surface area (Å²) in [7, 11) is 0. The van der Waals surface area contributed by atoms with Gasteiger partial charge in [0.1, 0.15) is 11.2 Å². The van der Waals surface area contributed by atoms with Crippen LogP contribution in [0.25, 0.3) is 21.9 Å². The van der Waals surface area contributed by atoms with Crippen LogP contribution in [0.5, 0.6) is 0 Å². The van der Waals surface area contributed by atoms with E-state index in [0.717, 1.165) is 34.7 Å². The number of furan rings is 1. The van der Waals surface area contributed by atoms with E-state index in [2.05, 4.69) is 5.32 Å². The fraction of sp³-hybridized carbons (Fsp3) is 0.458. The van der Waals surface area contributed by atoms with Crippen molar-refractivity contribution in [2.24, 2.45) is 11.8 Å². The van der Waals surface area contributed by atoms with E-state index in [0.29, 0.717) is 41.7 Å². The van der Waals surface area contributed by atoms with Gasteiger partial charge in [0, 0.05) is 11.9 Å². The maximum absolute atomic E-state index is 12.6. The van der Waals surface area contributed by atoms with Crippen LogP contribution in [0.1, 0.15) is 47.9 Å². The smallest absolute Gasteiger partial charge is 0.340 e. The summed E-state index contributed by atoms with van der Waals surface area (Å²) in [6.45, 7) is 6.23. The Kier molecular flexibility index (Phi) is 5.60. The van der Waals surface area contributed by atoms with E-state index in [9.17, 15) is 14.4 Å². The van der Waals surface area contributed by atoms with Crippen LogP contribution in [0, 0.1) is 32.6 Å². The predicted molar refractivity (Wildman–Crippen MR) is 116 cm³/mol. The molecule has 0 aliphatic heterocycles. The second-order valence-corrected chi connectivity index (χ2v) is 8.72. The van der Waals surface area contributed by atoms with Crippen LogP contribution in [-0.2, 0) is 16.0 Å². The lowest BCUT2D eigenvalue weighted by Crippen LogP contribution is -2.34. The first-order valence-electron chi connectivity index (χ1n) is 10.7. The molecule has 0 radical (unpaired) electrons. The van der Waals surface area contributed by atoms with Gasteiger partial charge in [-0.05, 0) is 75.1 Å². The molecule has 0 bridgehead atoms. The largest absolute Gasteiger partial charge is 0.481 e. The van der Waals surface area contributed by atoms with Gasteiger partial charge in [-0.25, -0.2) is 4.79 Å². The number of carboxylic acid groups (broad SMARTS) is 1. The maximum atomic E-state index is 12.6. The van der Waals surface area contributed by atoms with Crippen molar-refractivity contribution in [3.8, 4) is 0 Å². The molecule has 1 amide bonds. The number of carboxylic acids is 1. The lowest BCUT2D eigenvalue weighted by molar-refractivity contribution is -0.143. The third kappa shape index (κ3) is 3.96. The summed E-state index contributed by atoms with van der Waals surface area (Å²) in [5.74, 6) is -0.990. The van der Waals surface area contributed by atoms with Gasteiger partial charge in [-0.15, -0.1) is 0 Å². The zero-order valence-electron chi connectivity index (χ0n) is 18.0. The van der Waals surface area contributed by atoms with Crippen LogP contribution >= 0.6 is 0 Å². The molecule has 1 aliphatic rings. The second-order valence-electron chi connectivity index (χ2n) is 8.72. The zero-order valence-corrected chi connectivity index (χ0v) is 18.0. The van der Waals surface area contributed by atoms with Crippen LogP contribution in [-0.4, -0.2) is 23.5 Å². The number of hydrogen-bond donors (Lipinski definition) is 2. The van der Waals surface area contributed by atoms with Gasteiger partial charge in [0.05, 0.1) is 29.6 Å². The fourth-order valence-corrected chi connectivity index (χ4v) is 4.77. The first kappa shape index (κ1) is 21.2. The molecule has 2 aromatic heterocycles. The van der Waals surface area contributed by atoms with Crippen molar-refractivity contribution in [3.05, 3.63) is 45.0 Å². The molecule has 0 atom stereocenters. The van der Waals surface area contributed by atoms with Crippen molar-refractivity contribution in [1.82, 2.24) is 5.32 Å². The van der Waals surface area contributed by atoms with E-state index in [4.69, 9.17) is 13.9 Å². The molecular weight excluding hydrogens is 398 g/mol. The number of rotatable bonds is 5. The van der Waals surface area contributed by atoms with Gasteiger partial charge in [0.25, 0.3) is 0 Å². The Bertz CT molecular complexity index is 1230. The van der Waals surface area contributed by atoms with E-state index in [1.165, 1.54) is 0 Å². The average Bonchev–Trinajstić information content (AvgIpc) is 3.11. The number of carbonyl (C=O) groups is 2. The molecule has 1 fully saturated rings. The molecule has 2 heterocycles. The van der Waals surface area contributed by atoms with Crippen molar-refractivity contribution in [2.75, 3.05) is 6.54 Å². The minimum atomic E-state index is -0.739. The summed E-state index contributed by atoms with van der Waals surface area (Å²) < 4.78 is 11.3. The van der Waals surface area contributed by atoms with Crippen molar-refractivity contribution < 1.29 is 23.5 Å². The molecule has 0 saturated heterocycles. The van der Waals surface area contributed by atoms with Crippen molar-refractivity contribution in [1.29, 1.82) is 0 Å². The fourth-order valence-electron chi connectivity index (χ4n) is 4.77. The third-order valence-corrected chi connectivity index (χ3v) is 6.59. The summed E-state index contributed by atoms with van der Waals surface area (Å²) in [5.41, 5.74) is 3.63. The van der Waals surface area contributed by atoms with Gasteiger partial charge in [-0.2, -0.15) is 0 Å². The Morgan fingerprint density at radius 2 is 1.81 bits per heavy atom. The highest BCUT2D eigenvalue weighted by molar-refractivity contribution is 6.07. The zero-order chi connectivity index (χ0) is 22.3. The summed E-state index contributed by atoms with van der Waals surface area (Å²) in [4.78, 5) is 36.3. The number of benzene rings is 1. The van der Waals surface area contributed by atoms with E-state index in [1.54, 1.807) is 6.26 Å². The van der Waals surface area contributed by atoms with Crippen LogP contribution in [0.2, 0.25) is 0 Å². The van der Waals surface area contributed by atoms with E-state index in [-0.39, 0.29) is 24.2 Å². The molecule has 0 unspecified atom stereocenters. The topological polar surface area (TPSA) is 110 Å². The summed E-state index contributed by atoms with van der Waals surface area (Å²) >= 11 is 0. The van der Waals surface area contributed by atoms with Crippen molar-refractivity contribution in [3.63, 3.8) is 0 Å². The number of aryl methyl sites for hydroxylation is 3. The van der Waals surface area contributed by atoms with Crippen molar-refractivity contribution >= 4 is 33.8 Å². The lowest BCUT2D eigenvalue weighted by Gasteiger charge is -2.26. The first-order valence-corrected chi connectivity index (χ1v) is 10.7. The van der Waals surface area contributed by atoms with Gasteiger partial charge in [0.2, 0.25) is 5.91 Å². The van der Waals surface area contributed by atoms with Gasteiger partial charge < -0.3 is 19.3 Å². The molecule has 7 heteroatoms. The van der Waals surface area contributed by atoms with E-state index >= 15 is 0 Å². The molecule has 2 N–H and O–H groups in total. The number of aliphatic carboxylic acids is 1. The number of hydrogen-bond acceptors (Lipinski definition) is 5. The lowest BCUT2D eigenvalue weighted by atomic mass is 9.82. The average molecular weight is 425 g/mol. The Morgan fingerprint density at radius 3 is 2.48 bits per heavy atom. The maximum Gasteiger partial charge on any atom is 0.340 e. The molecule has 31 heavy (non-hydrogen) atoms. The predicted octanol–water partition coefficient (Wildman–Crippen LogP) is 4.01. The number of nitrogens with one attached hydrogen (secondary N) is 1. The summed E-state index contributed by atoms with van der Waals surface area (Å²) in [6.07, 6.45) is 4.46. The van der Waals surface area contributed by atoms with Crippen LogP contribution in [0.3, 0.4) is 0 Å². The Labute approximate surface area is 179 Å². The molecule has 3 aromatic rings. The molecular formula is C24H27NO6. The van der Waals surface area contributed by atoms with Gasteiger partial charge in [-0.3, -0.25) is 9.59 Å². The van der Waals surface area contributed by atoms with Crippen LogP contribution < -0.4 is 10.9 Å². The highest BCUT2D eigenvalue weighted by Gasteiger charge is 2.26. The van der Waals surface area contributed by atoms with Crippen LogP contribution in [0.15, 0.2) is 26.0 Å². The highest BCUT2D eigenvalue weighted by atomic mass is 16.4. The van der Waals surface area contributed by atoms with Crippen molar-refractivity contribution in [2.45, 2.75) is 52.9 Å². The number of fused-ring (bicyclic) bond motifs is 3. The van der Waals surface area contributed by atoms with E-state index in [1.807, 2.05) is 26.8 Å². The highest BCUT2D eigenvalue weighted by Crippen LogP contribution is 2.34. The molecule has 1 aromatic carbocycles. The normalized spacial score (nSPS) is 19.1. The summed E-state index contributed by atoms with van der Waals surface area (Å²) in [6, 6.07) is 1.84. The Balaban J connectivity index is 1.53. The molecule has 164 valence electrons. The number of amides is 1. The molecule has 0 spiro atoms. The third-order valence-electron chi connectivity index (χ3n) is 6.59. The molecule has 1 aliphatic carbocycles. The standard InChI is InChI=1S/C24H27NO6/c1-12-8-18-21(22-20(12)13(2)11-30-22)14(3)17(24(29)31-18)9-19(26)25-10-15-4-6-16(7-5-15)23(27)28/h8,11,15-16H,4-7,9-10H2,1-3H3,(H,25,26)(H,27,28). The molecule has 7 nitrogen and oxygen atoms in total. The number of carbonyl (C=O) groups excluding carboxylic acids is 1. The SMILES string of the molecule is Cc1coc2c1c(C)cc1oc(=O)c(CC(=O)NCC3CCC(C(=O)O)CC3)c(C)c12. The minimum Gasteiger partial charge on any atom is -0.481 e. The van der Waals surface area contributed by atoms with Gasteiger partial charge >= 0.3 is 11.6 Å². The van der Waals surface area contributed by atoms with E-state index < -0.39 is 11.6 Å². The quantitative estimate of drug-likeness (QED) is 0.598.